The molecule has 422 valence electrons. The summed E-state index contributed by atoms with van der Waals surface area (Å²) in [5.74, 6) is 3.35. The summed E-state index contributed by atoms with van der Waals surface area (Å²) in [5.41, 5.74) is 15.5. The molecule has 0 unspecified atom stereocenters. The second kappa shape index (κ2) is 22.0. The molecule has 4 nitrogen and oxygen atoms in total. The van der Waals surface area contributed by atoms with Crippen molar-refractivity contribution in [2.75, 3.05) is 0 Å². The summed E-state index contributed by atoms with van der Waals surface area (Å²) in [6.07, 6.45) is 0. The zero-order valence-corrected chi connectivity index (χ0v) is 55.6. The Kier molecular flexibility index (Phi) is 17.7. The third-order valence-electron chi connectivity index (χ3n) is 15.0. The summed E-state index contributed by atoms with van der Waals surface area (Å²) in [7, 11) is -3.72. The van der Waals surface area contributed by atoms with Crippen molar-refractivity contribution < 1.29 is 18.1 Å². The van der Waals surface area contributed by atoms with Crippen LogP contribution >= 0.6 is 16.8 Å². The predicted molar refractivity (Wildman–Crippen MR) is 342 cm³/mol. The lowest BCUT2D eigenvalue weighted by molar-refractivity contribution is 0.464. The standard InChI is InChI=1S/C72H100O4P2/c1-45-37-59(55(69(17,18)19)41-51(45)65(5,6)7)73-77(74-60-38-46(2)52(66(8,9)10)42-56(60)70(20,21)22)63-35-31-29-33-49(63)50-34-30-32-36-64(50)78(75-61-39-47(3)53(67(11,12)13)43-57(61)71(23,24)25)76-62-40-48(4)54(68(14,15)16)44-58(62)72(26,27)28/h29-44H,1-28H3. The molecule has 78 heavy (non-hydrogen) atoms. The van der Waals surface area contributed by atoms with E-state index in [2.05, 4.69) is 291 Å². The van der Waals surface area contributed by atoms with Gasteiger partial charge in [-0.05, 0) is 163 Å². The van der Waals surface area contributed by atoms with Gasteiger partial charge in [-0.3, -0.25) is 0 Å². The highest BCUT2D eigenvalue weighted by atomic mass is 31.2. The lowest BCUT2D eigenvalue weighted by Crippen LogP contribution is -2.23. The second-order valence-electron chi connectivity index (χ2n) is 30.6. The van der Waals surface area contributed by atoms with Gasteiger partial charge in [0.2, 0.25) is 0 Å². The first-order valence-electron chi connectivity index (χ1n) is 28.5. The molecule has 0 bridgehead atoms. The summed E-state index contributed by atoms with van der Waals surface area (Å²) in [6, 6.07) is 36.0. The Bertz CT molecular complexity index is 2760. The summed E-state index contributed by atoms with van der Waals surface area (Å²) in [5, 5.41) is 1.93. The van der Waals surface area contributed by atoms with Crippen molar-refractivity contribution in [3.63, 3.8) is 0 Å². The molecule has 6 rings (SSSR count). The normalized spacial score (nSPS) is 13.4. The molecule has 0 atom stereocenters. The maximum absolute atomic E-state index is 7.66. The quantitative estimate of drug-likeness (QED) is 0.121. The third-order valence-corrected chi connectivity index (χ3v) is 18.0. The fourth-order valence-corrected chi connectivity index (χ4v) is 13.9. The van der Waals surface area contributed by atoms with Crippen LogP contribution < -0.4 is 28.7 Å². The molecule has 0 aromatic heterocycles. The van der Waals surface area contributed by atoms with E-state index in [0.717, 1.165) is 67.0 Å². The van der Waals surface area contributed by atoms with E-state index in [0.29, 0.717) is 0 Å². The van der Waals surface area contributed by atoms with E-state index in [1.54, 1.807) is 0 Å². The van der Waals surface area contributed by atoms with Crippen molar-refractivity contribution in [2.24, 2.45) is 0 Å². The van der Waals surface area contributed by atoms with Gasteiger partial charge < -0.3 is 18.1 Å². The number of hydrogen-bond donors (Lipinski definition) is 0. The fourth-order valence-electron chi connectivity index (χ4n) is 10.9. The van der Waals surface area contributed by atoms with Crippen LogP contribution in [-0.2, 0) is 43.3 Å². The van der Waals surface area contributed by atoms with Crippen molar-refractivity contribution in [3.05, 3.63) is 164 Å². The van der Waals surface area contributed by atoms with Gasteiger partial charge in [0.05, 0.1) is 10.6 Å². The number of aryl methyl sites for hydroxylation is 4. The summed E-state index contributed by atoms with van der Waals surface area (Å²) >= 11 is 0. The van der Waals surface area contributed by atoms with Gasteiger partial charge in [0, 0.05) is 22.3 Å². The lowest BCUT2D eigenvalue weighted by atomic mass is 9.78. The van der Waals surface area contributed by atoms with Crippen LogP contribution in [0.5, 0.6) is 23.0 Å². The Morgan fingerprint density at radius 3 is 0.603 bits per heavy atom. The topological polar surface area (TPSA) is 36.9 Å². The smallest absolute Gasteiger partial charge is 0.326 e. The van der Waals surface area contributed by atoms with Gasteiger partial charge in [-0.25, -0.2) is 0 Å². The average molecular weight is 1090 g/mol. The Labute approximate surface area is 478 Å². The molecule has 0 amide bonds. The molecular weight excluding hydrogens is 991 g/mol. The Morgan fingerprint density at radius 1 is 0.244 bits per heavy atom. The molecule has 0 fully saturated rings. The van der Waals surface area contributed by atoms with Crippen LogP contribution in [0, 0.1) is 27.7 Å². The minimum Gasteiger partial charge on any atom is -0.435 e. The molecule has 0 spiro atoms. The molecule has 0 N–H and O–H groups in total. The Hall–Kier alpha value is -4.62. The van der Waals surface area contributed by atoms with Gasteiger partial charge in [0.1, 0.15) is 23.0 Å². The van der Waals surface area contributed by atoms with Crippen LogP contribution in [0.25, 0.3) is 11.1 Å². The van der Waals surface area contributed by atoms with Crippen molar-refractivity contribution in [2.45, 2.75) is 237 Å². The van der Waals surface area contributed by atoms with Gasteiger partial charge in [-0.2, -0.15) is 0 Å². The fraction of sp³-hybridized carbons (Fsp3) is 0.500. The molecule has 0 saturated heterocycles. The van der Waals surface area contributed by atoms with Gasteiger partial charge in [-0.15, -0.1) is 0 Å². The first-order chi connectivity index (χ1) is 35.4. The minimum absolute atomic E-state index is 0.0570. The van der Waals surface area contributed by atoms with Crippen LogP contribution in [0.2, 0.25) is 0 Å². The predicted octanol–water partition coefficient (Wildman–Crippen LogP) is 21.2. The van der Waals surface area contributed by atoms with Gasteiger partial charge in [-0.1, -0.05) is 227 Å². The molecule has 6 aromatic rings. The van der Waals surface area contributed by atoms with Crippen molar-refractivity contribution in [1.82, 2.24) is 0 Å². The minimum atomic E-state index is -1.86. The largest absolute Gasteiger partial charge is 0.435 e. The van der Waals surface area contributed by atoms with E-state index >= 15 is 0 Å². The summed E-state index contributed by atoms with van der Waals surface area (Å²) < 4.78 is 30.7. The van der Waals surface area contributed by atoms with E-state index < -0.39 is 16.8 Å². The Balaban J connectivity index is 1.70. The van der Waals surface area contributed by atoms with Gasteiger partial charge >= 0.3 is 16.8 Å². The molecule has 6 aromatic carbocycles. The molecule has 0 aliphatic carbocycles. The maximum atomic E-state index is 7.66. The molecular formula is C72H100O4P2. The number of hydrogen-bond acceptors (Lipinski definition) is 4. The molecule has 6 heteroatoms. The zero-order valence-electron chi connectivity index (χ0n) is 53.8. The number of rotatable bonds is 11. The third kappa shape index (κ3) is 14.3. The van der Waals surface area contributed by atoms with Crippen LogP contribution in [0.3, 0.4) is 0 Å². The van der Waals surface area contributed by atoms with Gasteiger partial charge in [0.25, 0.3) is 0 Å². The van der Waals surface area contributed by atoms with Crippen LogP contribution in [-0.4, -0.2) is 0 Å². The molecule has 0 radical (unpaired) electrons. The highest BCUT2D eigenvalue weighted by Gasteiger charge is 2.36. The summed E-state index contributed by atoms with van der Waals surface area (Å²) in [4.78, 5) is 0. The summed E-state index contributed by atoms with van der Waals surface area (Å²) in [6.45, 7) is 63.8. The molecule has 0 aliphatic rings. The van der Waals surface area contributed by atoms with Crippen LogP contribution in [0.1, 0.15) is 233 Å². The SMILES string of the molecule is Cc1cc(OP(Oc2cc(C)c(C(C)(C)C)cc2C(C)(C)C)c2ccccc2-c2ccccc2P(Oc2cc(C)c(C(C)(C)C)cc2C(C)(C)C)Oc2cc(C)c(C(C)(C)C)cc2C(C)(C)C)c(C(C)(C)C)cc1C(C)(C)C. The van der Waals surface area contributed by atoms with E-state index in [9.17, 15) is 0 Å². The Morgan fingerprint density at radius 2 is 0.423 bits per heavy atom. The second-order valence-corrected chi connectivity index (χ2v) is 33.3. The van der Waals surface area contributed by atoms with Gasteiger partial charge in [0.15, 0.2) is 0 Å². The van der Waals surface area contributed by atoms with E-state index in [-0.39, 0.29) is 43.3 Å². The molecule has 0 saturated carbocycles. The first-order valence-corrected chi connectivity index (χ1v) is 30.9. The monoisotopic (exact) mass is 1090 g/mol. The highest BCUT2D eigenvalue weighted by molar-refractivity contribution is 7.58. The average Bonchev–Trinajstić information content (AvgIpc) is 3.25. The zero-order chi connectivity index (χ0) is 58.8. The molecule has 0 heterocycles. The van der Waals surface area contributed by atoms with Crippen molar-refractivity contribution in [3.8, 4) is 34.1 Å². The van der Waals surface area contributed by atoms with Crippen LogP contribution in [0.4, 0.5) is 0 Å². The number of benzene rings is 6. The van der Waals surface area contributed by atoms with E-state index in [1.165, 1.54) is 44.5 Å². The lowest BCUT2D eigenvalue weighted by Gasteiger charge is -2.33. The van der Waals surface area contributed by atoms with E-state index in [4.69, 9.17) is 18.1 Å². The highest BCUT2D eigenvalue weighted by Crippen LogP contribution is 2.53. The van der Waals surface area contributed by atoms with Crippen molar-refractivity contribution in [1.29, 1.82) is 0 Å². The van der Waals surface area contributed by atoms with E-state index in [1.807, 2.05) is 0 Å². The van der Waals surface area contributed by atoms with Crippen molar-refractivity contribution >= 4 is 27.4 Å². The van der Waals surface area contributed by atoms with Crippen LogP contribution in [0.15, 0.2) is 97.1 Å². The molecule has 0 aliphatic heterocycles. The maximum Gasteiger partial charge on any atom is 0.326 e. The first kappa shape index (κ1) is 62.6.